The van der Waals surface area contributed by atoms with E-state index in [4.69, 9.17) is 4.74 Å². The molecule has 6 heteroatoms. The van der Waals surface area contributed by atoms with Gasteiger partial charge in [0.2, 0.25) is 0 Å². The Morgan fingerprint density at radius 3 is 2.93 bits per heavy atom. The van der Waals surface area contributed by atoms with Crippen molar-refractivity contribution in [2.75, 3.05) is 25.5 Å². The predicted octanol–water partition coefficient (Wildman–Crippen LogP) is 3.74. The molecule has 1 fully saturated rings. The number of anilines is 1. The molecule has 4 rings (SSSR count). The van der Waals surface area contributed by atoms with Crippen LogP contribution in [0.2, 0.25) is 0 Å². The van der Waals surface area contributed by atoms with Crippen LogP contribution in [0.25, 0.3) is 11.1 Å². The summed E-state index contributed by atoms with van der Waals surface area (Å²) in [5.41, 5.74) is 3.11. The predicted molar refractivity (Wildman–Crippen MR) is 110 cm³/mol. The Bertz CT molecular complexity index is 960. The lowest BCUT2D eigenvalue weighted by Gasteiger charge is -2.22. The third kappa shape index (κ3) is 3.92. The van der Waals surface area contributed by atoms with E-state index in [1.165, 1.54) is 0 Å². The van der Waals surface area contributed by atoms with Crippen LogP contribution < -0.4 is 15.4 Å². The first kappa shape index (κ1) is 18.3. The third-order valence-electron chi connectivity index (χ3n) is 5.02. The molecule has 2 N–H and O–H groups in total. The Morgan fingerprint density at radius 2 is 2.11 bits per heavy atom. The van der Waals surface area contributed by atoms with Crippen LogP contribution in [0.15, 0.2) is 60.8 Å². The van der Waals surface area contributed by atoms with Crippen molar-refractivity contribution in [2.45, 2.75) is 18.9 Å². The smallest absolute Gasteiger partial charge is 0.276 e. The van der Waals surface area contributed by atoms with Crippen molar-refractivity contribution in [2.24, 2.45) is 0 Å². The minimum atomic E-state index is -0.209. The minimum Gasteiger partial charge on any atom is -0.496 e. The molecule has 1 unspecified atom stereocenters. The van der Waals surface area contributed by atoms with Crippen LogP contribution in [-0.2, 0) is 0 Å². The third-order valence-corrected chi connectivity index (χ3v) is 5.02. The summed E-state index contributed by atoms with van der Waals surface area (Å²) < 4.78 is 7.34. The van der Waals surface area contributed by atoms with Crippen LogP contribution in [0.3, 0.4) is 0 Å². The molecule has 6 nitrogen and oxygen atoms in total. The number of hydrogen-bond donors (Lipinski definition) is 2. The molecule has 0 saturated carbocycles. The van der Waals surface area contributed by atoms with Crippen molar-refractivity contribution >= 4 is 11.6 Å². The molecule has 1 saturated heterocycles. The van der Waals surface area contributed by atoms with Crippen molar-refractivity contribution in [1.29, 1.82) is 0 Å². The van der Waals surface area contributed by atoms with Crippen molar-refractivity contribution in [3.8, 4) is 16.9 Å². The number of para-hydroxylation sites is 1. The highest BCUT2D eigenvalue weighted by molar-refractivity contribution is 6.03. The van der Waals surface area contributed by atoms with Gasteiger partial charge in [0.05, 0.1) is 13.2 Å². The first-order valence-electron chi connectivity index (χ1n) is 9.55. The SMILES string of the molecule is COc1ccccc1-c1cccc(NC(=O)c2ccn(C3CCCNC3)n2)c1. The lowest BCUT2D eigenvalue weighted by Crippen LogP contribution is -2.32. The topological polar surface area (TPSA) is 68.2 Å². The first-order valence-corrected chi connectivity index (χ1v) is 9.55. The van der Waals surface area contributed by atoms with Crippen molar-refractivity contribution in [1.82, 2.24) is 15.1 Å². The number of rotatable bonds is 5. The van der Waals surface area contributed by atoms with E-state index in [1.54, 1.807) is 13.2 Å². The summed E-state index contributed by atoms with van der Waals surface area (Å²) in [5.74, 6) is 0.588. The monoisotopic (exact) mass is 376 g/mol. The Labute approximate surface area is 164 Å². The van der Waals surface area contributed by atoms with Gasteiger partial charge in [-0.05, 0) is 49.2 Å². The second-order valence-corrected chi connectivity index (χ2v) is 6.92. The summed E-state index contributed by atoms with van der Waals surface area (Å²) in [6.07, 6.45) is 4.09. The van der Waals surface area contributed by atoms with Crippen LogP contribution in [-0.4, -0.2) is 35.9 Å². The number of piperidine rings is 1. The molecule has 28 heavy (non-hydrogen) atoms. The zero-order chi connectivity index (χ0) is 19.3. The summed E-state index contributed by atoms with van der Waals surface area (Å²) in [7, 11) is 1.66. The lowest BCUT2D eigenvalue weighted by atomic mass is 10.0. The summed E-state index contributed by atoms with van der Waals surface area (Å²) in [6.45, 7) is 1.94. The van der Waals surface area contributed by atoms with Crippen LogP contribution in [0, 0.1) is 0 Å². The van der Waals surface area contributed by atoms with Gasteiger partial charge < -0.3 is 15.4 Å². The van der Waals surface area contributed by atoms with E-state index in [9.17, 15) is 4.79 Å². The van der Waals surface area contributed by atoms with Crippen molar-refractivity contribution in [3.05, 3.63) is 66.5 Å². The number of benzene rings is 2. The standard InChI is InChI=1S/C22H24N4O2/c1-28-21-10-3-2-9-19(21)16-6-4-7-17(14-16)24-22(27)20-11-13-26(25-20)18-8-5-12-23-15-18/h2-4,6-7,9-11,13-14,18,23H,5,8,12,15H2,1H3,(H,24,27). The van der Waals surface area contributed by atoms with E-state index in [2.05, 4.69) is 15.7 Å². The molecule has 1 amide bonds. The van der Waals surface area contributed by atoms with Crippen LogP contribution >= 0.6 is 0 Å². The van der Waals surface area contributed by atoms with Crippen molar-refractivity contribution in [3.63, 3.8) is 0 Å². The Balaban J connectivity index is 1.50. The summed E-state index contributed by atoms with van der Waals surface area (Å²) >= 11 is 0. The molecule has 2 aromatic carbocycles. The Morgan fingerprint density at radius 1 is 1.21 bits per heavy atom. The summed E-state index contributed by atoms with van der Waals surface area (Å²) in [6, 6.07) is 17.6. The average Bonchev–Trinajstić information content (AvgIpc) is 3.25. The number of carbonyl (C=O) groups is 1. The highest BCUT2D eigenvalue weighted by atomic mass is 16.5. The molecular formula is C22H24N4O2. The van der Waals surface area contributed by atoms with Gasteiger partial charge in [-0.2, -0.15) is 5.10 Å². The Hall–Kier alpha value is -3.12. The van der Waals surface area contributed by atoms with E-state index in [1.807, 2.05) is 59.4 Å². The van der Waals surface area contributed by atoms with Gasteiger partial charge in [0.15, 0.2) is 5.69 Å². The van der Waals surface area contributed by atoms with E-state index >= 15 is 0 Å². The number of hydrogen-bond acceptors (Lipinski definition) is 4. The van der Waals surface area contributed by atoms with Crippen LogP contribution in [0.5, 0.6) is 5.75 Å². The molecule has 3 aromatic rings. The number of aromatic nitrogens is 2. The molecule has 0 radical (unpaired) electrons. The second kappa shape index (κ2) is 8.27. The normalized spacial score (nSPS) is 16.5. The zero-order valence-electron chi connectivity index (χ0n) is 15.9. The van der Waals surface area contributed by atoms with Gasteiger partial charge in [-0.15, -0.1) is 0 Å². The molecule has 144 valence electrons. The highest BCUT2D eigenvalue weighted by Gasteiger charge is 2.18. The molecule has 2 heterocycles. The highest BCUT2D eigenvalue weighted by Crippen LogP contribution is 2.31. The maximum Gasteiger partial charge on any atom is 0.276 e. The summed E-state index contributed by atoms with van der Waals surface area (Å²) in [5, 5.41) is 10.8. The Kier molecular flexibility index (Phi) is 5.39. The molecule has 0 spiro atoms. The van der Waals surface area contributed by atoms with E-state index < -0.39 is 0 Å². The number of amides is 1. The number of carbonyl (C=O) groups excluding carboxylic acids is 1. The van der Waals surface area contributed by atoms with Crippen LogP contribution in [0.4, 0.5) is 5.69 Å². The van der Waals surface area contributed by atoms with Gasteiger partial charge in [-0.1, -0.05) is 30.3 Å². The zero-order valence-corrected chi connectivity index (χ0v) is 15.9. The van der Waals surface area contributed by atoms with Gasteiger partial charge in [0.25, 0.3) is 5.91 Å². The number of methoxy groups -OCH3 is 1. The number of ether oxygens (including phenoxy) is 1. The van der Waals surface area contributed by atoms with Gasteiger partial charge in [0, 0.05) is 24.0 Å². The van der Waals surface area contributed by atoms with E-state index in [0.29, 0.717) is 11.7 Å². The quantitative estimate of drug-likeness (QED) is 0.712. The molecular weight excluding hydrogens is 352 g/mol. The van der Waals surface area contributed by atoms with Gasteiger partial charge >= 0.3 is 0 Å². The van der Waals surface area contributed by atoms with Gasteiger partial charge in [-0.25, -0.2) is 0 Å². The minimum absolute atomic E-state index is 0.209. The van der Waals surface area contributed by atoms with Gasteiger partial charge in [-0.3, -0.25) is 9.48 Å². The summed E-state index contributed by atoms with van der Waals surface area (Å²) in [4.78, 5) is 12.7. The van der Waals surface area contributed by atoms with Crippen molar-refractivity contribution < 1.29 is 9.53 Å². The maximum atomic E-state index is 12.7. The fraction of sp³-hybridized carbons (Fsp3) is 0.273. The molecule has 1 aliphatic rings. The number of nitrogens with zero attached hydrogens (tertiary/aromatic N) is 2. The second-order valence-electron chi connectivity index (χ2n) is 6.92. The maximum absolute atomic E-state index is 12.7. The molecule has 0 aliphatic carbocycles. The van der Waals surface area contributed by atoms with E-state index in [0.717, 1.165) is 48.5 Å². The largest absolute Gasteiger partial charge is 0.496 e. The molecule has 0 bridgehead atoms. The van der Waals surface area contributed by atoms with Gasteiger partial charge in [0.1, 0.15) is 5.75 Å². The fourth-order valence-corrected chi connectivity index (χ4v) is 3.56. The van der Waals surface area contributed by atoms with Crippen LogP contribution in [0.1, 0.15) is 29.4 Å². The van der Waals surface area contributed by atoms with E-state index in [-0.39, 0.29) is 5.91 Å². The lowest BCUT2D eigenvalue weighted by molar-refractivity contribution is 0.102. The average molecular weight is 376 g/mol. The number of nitrogens with one attached hydrogen (secondary N) is 2. The molecule has 1 aliphatic heterocycles. The molecule has 1 aromatic heterocycles. The molecule has 1 atom stereocenters. The first-order chi connectivity index (χ1) is 13.7. The fourth-order valence-electron chi connectivity index (χ4n) is 3.56.